The van der Waals surface area contributed by atoms with Crippen LogP contribution in [0.4, 0.5) is 0 Å². The topological polar surface area (TPSA) is 87.7 Å². The predicted molar refractivity (Wildman–Crippen MR) is 152 cm³/mol. The number of rotatable bonds is 9. The van der Waals surface area contributed by atoms with Crippen molar-refractivity contribution in [2.24, 2.45) is 0 Å². The van der Waals surface area contributed by atoms with E-state index >= 15 is 0 Å². The summed E-state index contributed by atoms with van der Waals surface area (Å²) in [6, 6.07) is 16.5. The van der Waals surface area contributed by atoms with E-state index in [1.807, 2.05) is 69.3 Å². The first-order valence-corrected chi connectivity index (χ1v) is 13.5. The van der Waals surface area contributed by atoms with Crippen LogP contribution in [0.5, 0.6) is 17.2 Å². The second-order valence-electron chi connectivity index (χ2n) is 9.75. The van der Waals surface area contributed by atoms with Crippen molar-refractivity contribution in [1.29, 1.82) is 0 Å². The number of nitrogens with one attached hydrogen (secondary N) is 1. The number of aryl methyl sites for hydroxylation is 2. The van der Waals surface area contributed by atoms with E-state index in [-0.39, 0.29) is 11.7 Å². The summed E-state index contributed by atoms with van der Waals surface area (Å²) in [7, 11) is 0. The van der Waals surface area contributed by atoms with Crippen molar-refractivity contribution in [3.05, 3.63) is 93.1 Å². The molecule has 1 unspecified atom stereocenters. The molecule has 0 bridgehead atoms. The highest BCUT2D eigenvalue weighted by atomic mass is 35.5. The number of hydrogen-bond donors (Lipinski definition) is 2. The van der Waals surface area contributed by atoms with Gasteiger partial charge in [0.25, 0.3) is 5.91 Å². The summed E-state index contributed by atoms with van der Waals surface area (Å²) >= 11 is 6.52. The number of halogens is 1. The van der Waals surface area contributed by atoms with E-state index < -0.39 is 6.04 Å². The summed E-state index contributed by atoms with van der Waals surface area (Å²) in [6.45, 7) is 9.18. The number of ether oxygens (including phenoxy) is 2. The number of benzene rings is 3. The van der Waals surface area contributed by atoms with Crippen molar-refractivity contribution in [3.8, 4) is 28.5 Å². The van der Waals surface area contributed by atoms with Gasteiger partial charge in [0.05, 0.1) is 19.3 Å². The highest BCUT2D eigenvalue weighted by Gasteiger charge is 2.43. The molecule has 5 rings (SSSR count). The van der Waals surface area contributed by atoms with Crippen LogP contribution in [0.3, 0.4) is 0 Å². The van der Waals surface area contributed by atoms with Gasteiger partial charge in [-0.1, -0.05) is 48.9 Å². The number of phenols is 1. The molecule has 0 fully saturated rings. The molecule has 0 saturated carbocycles. The van der Waals surface area contributed by atoms with Crippen molar-refractivity contribution in [2.45, 2.75) is 46.7 Å². The number of nitrogens with zero attached hydrogens (tertiary/aromatic N) is 2. The normalized spacial score (nSPS) is 14.5. The fourth-order valence-corrected chi connectivity index (χ4v) is 5.45. The van der Waals surface area contributed by atoms with Crippen LogP contribution in [0.15, 0.2) is 54.6 Å². The maximum absolute atomic E-state index is 13.9. The van der Waals surface area contributed by atoms with E-state index in [1.165, 1.54) is 0 Å². The molecule has 0 saturated heterocycles. The maximum atomic E-state index is 13.9. The molecule has 0 radical (unpaired) electrons. The van der Waals surface area contributed by atoms with Crippen molar-refractivity contribution in [2.75, 3.05) is 13.2 Å². The molecule has 39 heavy (non-hydrogen) atoms. The summed E-state index contributed by atoms with van der Waals surface area (Å²) in [5.41, 5.74) is 5.74. The van der Waals surface area contributed by atoms with Gasteiger partial charge in [-0.15, -0.1) is 0 Å². The first-order valence-electron chi connectivity index (χ1n) is 13.2. The van der Waals surface area contributed by atoms with Crippen LogP contribution in [0.25, 0.3) is 11.3 Å². The van der Waals surface area contributed by atoms with Crippen LogP contribution < -0.4 is 9.47 Å². The average Bonchev–Trinajstić information content (AvgIpc) is 3.43. The molecular formula is C31H32ClN3O4. The van der Waals surface area contributed by atoms with E-state index in [0.29, 0.717) is 58.8 Å². The van der Waals surface area contributed by atoms with Gasteiger partial charge >= 0.3 is 0 Å². The third-order valence-electron chi connectivity index (χ3n) is 6.90. The molecule has 1 aliphatic heterocycles. The number of H-pyrrole nitrogens is 1. The van der Waals surface area contributed by atoms with Gasteiger partial charge in [0.1, 0.15) is 17.1 Å². The third kappa shape index (κ3) is 4.94. The summed E-state index contributed by atoms with van der Waals surface area (Å²) in [5.74, 6) is 1.20. The molecule has 1 aromatic heterocycles. The van der Waals surface area contributed by atoms with Gasteiger partial charge in [0, 0.05) is 22.7 Å². The van der Waals surface area contributed by atoms with Crippen LogP contribution in [-0.4, -0.2) is 39.3 Å². The van der Waals surface area contributed by atoms with Gasteiger partial charge in [-0.2, -0.15) is 5.10 Å². The van der Waals surface area contributed by atoms with Crippen LogP contribution >= 0.6 is 11.6 Å². The minimum Gasteiger partial charge on any atom is -0.507 e. The fourth-order valence-electron chi connectivity index (χ4n) is 5.25. The molecule has 2 heterocycles. The van der Waals surface area contributed by atoms with Crippen molar-refractivity contribution < 1.29 is 19.4 Å². The summed E-state index contributed by atoms with van der Waals surface area (Å²) in [5, 5.41) is 19.1. The van der Waals surface area contributed by atoms with Crippen molar-refractivity contribution in [1.82, 2.24) is 15.1 Å². The Morgan fingerprint density at radius 3 is 2.56 bits per heavy atom. The third-order valence-corrected chi connectivity index (χ3v) is 7.27. The molecule has 7 nitrogen and oxygen atoms in total. The monoisotopic (exact) mass is 545 g/mol. The van der Waals surface area contributed by atoms with Crippen molar-refractivity contribution >= 4 is 17.5 Å². The van der Waals surface area contributed by atoms with Crippen LogP contribution in [0.1, 0.15) is 64.6 Å². The predicted octanol–water partition coefficient (Wildman–Crippen LogP) is 6.99. The number of amides is 1. The van der Waals surface area contributed by atoms with E-state index in [0.717, 1.165) is 28.7 Å². The Balaban J connectivity index is 1.69. The minimum atomic E-state index is -0.503. The number of carbonyl (C=O) groups is 1. The quantitative estimate of drug-likeness (QED) is 0.237. The number of aromatic amines is 1. The van der Waals surface area contributed by atoms with Crippen molar-refractivity contribution in [3.63, 3.8) is 0 Å². The molecule has 0 aliphatic carbocycles. The second-order valence-corrected chi connectivity index (χ2v) is 10.2. The minimum absolute atomic E-state index is 0.121. The number of hydrogen-bond acceptors (Lipinski definition) is 5. The summed E-state index contributed by atoms with van der Waals surface area (Å²) in [4.78, 5) is 15.7. The summed E-state index contributed by atoms with van der Waals surface area (Å²) < 4.78 is 11.9. The molecular weight excluding hydrogens is 514 g/mol. The molecule has 8 heteroatoms. The zero-order valence-electron chi connectivity index (χ0n) is 22.5. The molecule has 202 valence electrons. The van der Waals surface area contributed by atoms with E-state index in [4.69, 9.17) is 21.1 Å². The lowest BCUT2D eigenvalue weighted by molar-refractivity contribution is 0.0730. The highest BCUT2D eigenvalue weighted by molar-refractivity contribution is 6.31. The molecule has 0 spiro atoms. The zero-order chi connectivity index (χ0) is 27.7. The van der Waals surface area contributed by atoms with E-state index in [2.05, 4.69) is 17.1 Å². The van der Waals surface area contributed by atoms with Gasteiger partial charge in [0.2, 0.25) is 0 Å². The Morgan fingerprint density at radius 2 is 1.85 bits per heavy atom. The Bertz CT molecular complexity index is 1510. The Kier molecular flexibility index (Phi) is 7.53. The standard InChI is InChI=1S/C31H32ClN3O4/c1-5-13-39-24-12-11-20(16-25(24)38-6-2)30-27-28(26-19(4)14-18(3)15-23(26)36)33-34-29(27)31(37)35(30)17-21-9-7-8-10-22(21)32/h7-12,14-16,30,36H,5-6,13,17H2,1-4H3,(H,33,34). The number of carbonyl (C=O) groups excluding carboxylic acids is 1. The lowest BCUT2D eigenvalue weighted by atomic mass is 9.93. The molecule has 2 N–H and O–H groups in total. The SMILES string of the molecule is CCCOc1ccc(C2c3c(-c4c(C)cc(C)cc4O)n[nH]c3C(=O)N2Cc2ccccc2Cl)cc1OCC. The molecule has 1 aliphatic rings. The zero-order valence-corrected chi connectivity index (χ0v) is 23.3. The summed E-state index contributed by atoms with van der Waals surface area (Å²) in [6.07, 6.45) is 0.872. The average molecular weight is 546 g/mol. The Morgan fingerprint density at radius 1 is 1.05 bits per heavy atom. The van der Waals surface area contributed by atoms with Gasteiger partial charge in [-0.05, 0) is 73.7 Å². The Hall–Kier alpha value is -3.97. The maximum Gasteiger partial charge on any atom is 0.273 e. The first kappa shape index (κ1) is 26.6. The van der Waals surface area contributed by atoms with Crippen LogP contribution in [0.2, 0.25) is 5.02 Å². The number of fused-ring (bicyclic) bond motifs is 1. The van der Waals surface area contributed by atoms with Gasteiger partial charge in [-0.25, -0.2) is 0 Å². The van der Waals surface area contributed by atoms with Gasteiger partial charge < -0.3 is 19.5 Å². The number of aromatic nitrogens is 2. The second kappa shape index (κ2) is 11.0. The largest absolute Gasteiger partial charge is 0.507 e. The molecule has 3 aromatic carbocycles. The van der Waals surface area contributed by atoms with E-state index in [1.54, 1.807) is 11.0 Å². The fraction of sp³-hybridized carbons (Fsp3) is 0.290. The molecule has 4 aromatic rings. The highest BCUT2D eigenvalue weighted by Crippen LogP contribution is 2.47. The molecule has 1 amide bonds. The lowest BCUT2D eigenvalue weighted by Gasteiger charge is -2.27. The number of phenolic OH excluding ortho intramolecular Hbond substituents is 1. The first-order chi connectivity index (χ1) is 18.8. The van der Waals surface area contributed by atoms with Gasteiger partial charge in [-0.3, -0.25) is 9.89 Å². The van der Waals surface area contributed by atoms with E-state index in [9.17, 15) is 9.90 Å². The number of aromatic hydroxyl groups is 1. The van der Waals surface area contributed by atoms with Gasteiger partial charge in [0.15, 0.2) is 11.5 Å². The lowest BCUT2D eigenvalue weighted by Crippen LogP contribution is -2.29. The Labute approximate surface area is 233 Å². The van der Waals surface area contributed by atoms with Crippen LogP contribution in [0, 0.1) is 13.8 Å². The smallest absolute Gasteiger partial charge is 0.273 e. The molecule has 1 atom stereocenters. The van der Waals surface area contributed by atoms with Crippen LogP contribution in [-0.2, 0) is 6.54 Å².